The molecule has 0 aliphatic carbocycles. The summed E-state index contributed by atoms with van der Waals surface area (Å²) in [6.45, 7) is 3.34. The van der Waals surface area contributed by atoms with Crippen molar-refractivity contribution in [3.05, 3.63) is 78.0 Å². The van der Waals surface area contributed by atoms with Crippen molar-refractivity contribution in [1.82, 2.24) is 5.32 Å². The van der Waals surface area contributed by atoms with Crippen LogP contribution < -0.4 is 19.4 Å². The summed E-state index contributed by atoms with van der Waals surface area (Å²) in [5.41, 5.74) is 1.54. The number of hydrogen-bond acceptors (Lipinski definition) is 5. The first kappa shape index (κ1) is 19.1. The molecule has 0 unspecified atom stereocenters. The summed E-state index contributed by atoms with van der Waals surface area (Å²) in [6.07, 6.45) is 5.35. The van der Waals surface area contributed by atoms with Gasteiger partial charge in [-0.25, -0.2) is 0 Å². The second kappa shape index (κ2) is 8.45. The fourth-order valence-electron chi connectivity index (χ4n) is 3.20. The fourth-order valence-corrected chi connectivity index (χ4v) is 3.51. The summed E-state index contributed by atoms with van der Waals surface area (Å²) in [7, 11) is 0. The zero-order chi connectivity index (χ0) is 20.2. The summed E-state index contributed by atoms with van der Waals surface area (Å²) in [6, 6.07) is 12.1. The number of benzene rings is 1. The largest absolute Gasteiger partial charge is 0.486 e. The summed E-state index contributed by atoms with van der Waals surface area (Å²) in [4.78, 5) is 13.9. The maximum Gasteiger partial charge on any atom is 0.270 e. The van der Waals surface area contributed by atoms with Gasteiger partial charge in [-0.05, 0) is 43.3 Å². The van der Waals surface area contributed by atoms with Gasteiger partial charge in [0.05, 0.1) is 12.8 Å². The zero-order valence-electron chi connectivity index (χ0n) is 16.0. The van der Waals surface area contributed by atoms with Crippen molar-refractivity contribution in [2.75, 3.05) is 13.2 Å². The van der Waals surface area contributed by atoms with Gasteiger partial charge in [0.2, 0.25) is 5.78 Å². The van der Waals surface area contributed by atoms with Gasteiger partial charge in [-0.3, -0.25) is 4.79 Å². The first-order valence-electron chi connectivity index (χ1n) is 9.33. The molecule has 0 fully saturated rings. The number of aromatic nitrogens is 1. The predicted octanol–water partition coefficient (Wildman–Crippen LogP) is 3.19. The van der Waals surface area contributed by atoms with Crippen LogP contribution in [0.5, 0.6) is 11.5 Å². The van der Waals surface area contributed by atoms with E-state index >= 15 is 0 Å². The Morgan fingerprint density at radius 1 is 1.17 bits per heavy atom. The van der Waals surface area contributed by atoms with E-state index in [0.29, 0.717) is 41.8 Å². The highest BCUT2D eigenvalue weighted by molar-refractivity contribution is 7.80. The van der Waals surface area contributed by atoms with Crippen LogP contribution in [0.25, 0.3) is 0 Å². The van der Waals surface area contributed by atoms with Gasteiger partial charge in [0.1, 0.15) is 19.0 Å². The Morgan fingerprint density at radius 2 is 2.00 bits per heavy atom. The van der Waals surface area contributed by atoms with Crippen LogP contribution in [0.1, 0.15) is 27.7 Å². The number of fused-ring (bicyclic) bond motifs is 1. The molecule has 7 heteroatoms. The lowest BCUT2D eigenvalue weighted by atomic mass is 10.0. The van der Waals surface area contributed by atoms with Gasteiger partial charge >= 0.3 is 0 Å². The van der Waals surface area contributed by atoms with Crippen LogP contribution in [0, 0.1) is 6.92 Å². The molecule has 6 nitrogen and oxygen atoms in total. The predicted molar refractivity (Wildman–Crippen MR) is 110 cm³/mol. The van der Waals surface area contributed by atoms with Gasteiger partial charge < -0.3 is 19.2 Å². The fraction of sp³-hybridized carbons (Fsp3) is 0.227. The van der Waals surface area contributed by atoms with Crippen LogP contribution in [0.3, 0.4) is 0 Å². The van der Waals surface area contributed by atoms with Crippen molar-refractivity contribution in [2.24, 2.45) is 0 Å². The Bertz CT molecular complexity index is 1030. The SMILES string of the molecule is Cc1ccc[n+]([C@H](C(=O)c2ccc3c(c2)OCCO3)C(=S)NCc2ccco2)c1. The number of pyridine rings is 1. The number of furan rings is 1. The van der Waals surface area contributed by atoms with E-state index in [1.165, 1.54) is 0 Å². The molecule has 29 heavy (non-hydrogen) atoms. The van der Waals surface area contributed by atoms with Crippen molar-refractivity contribution in [1.29, 1.82) is 0 Å². The number of ether oxygens (including phenoxy) is 2. The van der Waals surface area contributed by atoms with Crippen LogP contribution in [-0.2, 0) is 6.54 Å². The van der Waals surface area contributed by atoms with Gasteiger partial charge in [-0.15, -0.1) is 0 Å². The lowest BCUT2D eigenvalue weighted by Crippen LogP contribution is -2.51. The summed E-state index contributed by atoms with van der Waals surface area (Å²) in [5.74, 6) is 1.83. The molecular weight excluding hydrogens is 388 g/mol. The molecule has 1 N–H and O–H groups in total. The molecule has 1 aliphatic heterocycles. The molecular formula is C22H21N2O4S+. The van der Waals surface area contributed by atoms with Crippen molar-refractivity contribution in [2.45, 2.75) is 19.5 Å². The molecule has 0 saturated carbocycles. The number of carbonyl (C=O) groups excluding carboxylic acids is 1. The standard InChI is InChI=1S/C22H20N2O4S/c1-15-4-2-8-24(14-15)20(22(29)23-13-17-5-3-9-26-17)21(25)16-6-7-18-19(12-16)28-11-10-27-18/h2-9,12,14,20H,10-11,13H2,1H3/p+1/t20-/m1/s1. The lowest BCUT2D eigenvalue weighted by molar-refractivity contribution is -0.692. The average Bonchev–Trinajstić information content (AvgIpc) is 3.26. The quantitative estimate of drug-likeness (QED) is 0.383. The number of ketones is 1. The van der Waals surface area contributed by atoms with E-state index in [1.54, 1.807) is 24.5 Å². The first-order valence-corrected chi connectivity index (χ1v) is 9.74. The summed E-state index contributed by atoms with van der Waals surface area (Å²) < 4.78 is 18.4. The number of thiocarbonyl (C=S) groups is 1. The molecule has 2 aromatic heterocycles. The summed E-state index contributed by atoms with van der Waals surface area (Å²) >= 11 is 5.62. The highest BCUT2D eigenvalue weighted by atomic mass is 32.1. The van der Waals surface area contributed by atoms with E-state index in [4.69, 9.17) is 26.1 Å². The number of Topliss-reactive ketones (excluding diaryl/α,β-unsaturated/α-hetero) is 1. The van der Waals surface area contributed by atoms with Gasteiger partial charge in [-0.1, -0.05) is 12.2 Å². The van der Waals surface area contributed by atoms with E-state index in [-0.39, 0.29) is 5.78 Å². The second-order valence-electron chi connectivity index (χ2n) is 6.75. The van der Waals surface area contributed by atoms with Crippen LogP contribution in [0.4, 0.5) is 0 Å². The molecule has 0 saturated heterocycles. The Labute approximate surface area is 174 Å². The lowest BCUT2D eigenvalue weighted by Gasteiger charge is -2.19. The molecule has 148 valence electrons. The Morgan fingerprint density at radius 3 is 2.76 bits per heavy atom. The molecule has 0 radical (unpaired) electrons. The van der Waals surface area contributed by atoms with Gasteiger partial charge in [0, 0.05) is 17.2 Å². The van der Waals surface area contributed by atoms with E-state index < -0.39 is 6.04 Å². The third kappa shape index (κ3) is 4.30. The Hall–Kier alpha value is -3.19. The number of hydrogen-bond donors (Lipinski definition) is 1. The van der Waals surface area contributed by atoms with Gasteiger partial charge in [-0.2, -0.15) is 4.57 Å². The molecule has 0 spiro atoms. The molecule has 4 rings (SSSR count). The van der Waals surface area contributed by atoms with Crippen LogP contribution >= 0.6 is 12.2 Å². The van der Waals surface area contributed by atoms with E-state index in [2.05, 4.69) is 5.32 Å². The number of rotatable bonds is 6. The minimum absolute atomic E-state index is 0.130. The topological polar surface area (TPSA) is 64.6 Å². The zero-order valence-corrected chi connectivity index (χ0v) is 16.8. The van der Waals surface area contributed by atoms with Crippen molar-refractivity contribution >= 4 is 23.0 Å². The molecule has 3 heterocycles. The molecule has 1 aromatic carbocycles. The van der Waals surface area contributed by atoms with Crippen molar-refractivity contribution < 1.29 is 23.3 Å². The first-order chi connectivity index (χ1) is 14.1. The molecule has 1 atom stereocenters. The monoisotopic (exact) mass is 409 g/mol. The highest BCUT2D eigenvalue weighted by Gasteiger charge is 2.34. The summed E-state index contributed by atoms with van der Waals surface area (Å²) in [5, 5.41) is 3.16. The molecule has 0 amide bonds. The third-order valence-corrected chi connectivity index (χ3v) is 4.98. The maximum absolute atomic E-state index is 13.5. The third-order valence-electron chi connectivity index (χ3n) is 4.61. The van der Waals surface area contributed by atoms with E-state index in [9.17, 15) is 4.79 Å². The maximum atomic E-state index is 13.5. The van der Waals surface area contributed by atoms with Gasteiger partial charge in [0.25, 0.3) is 6.04 Å². The molecule has 1 aliphatic rings. The normalized spacial score (nSPS) is 13.6. The van der Waals surface area contributed by atoms with E-state index in [0.717, 1.165) is 11.3 Å². The van der Waals surface area contributed by atoms with Crippen LogP contribution in [0.15, 0.2) is 65.5 Å². The van der Waals surface area contributed by atoms with Gasteiger partial charge in [0.15, 0.2) is 28.9 Å². The second-order valence-corrected chi connectivity index (χ2v) is 7.19. The number of nitrogens with zero attached hydrogens (tertiary/aromatic N) is 1. The number of nitrogens with one attached hydrogen (secondary N) is 1. The van der Waals surface area contributed by atoms with Crippen LogP contribution in [0.2, 0.25) is 0 Å². The minimum atomic E-state index is -0.692. The van der Waals surface area contributed by atoms with Crippen molar-refractivity contribution in [3.8, 4) is 11.5 Å². The van der Waals surface area contributed by atoms with Crippen molar-refractivity contribution in [3.63, 3.8) is 0 Å². The van der Waals surface area contributed by atoms with Crippen LogP contribution in [-0.4, -0.2) is 24.0 Å². The highest BCUT2D eigenvalue weighted by Crippen LogP contribution is 2.31. The smallest absolute Gasteiger partial charge is 0.270 e. The number of aryl methyl sites for hydroxylation is 1. The molecule has 3 aromatic rings. The Kier molecular flexibility index (Phi) is 5.57. The number of carbonyl (C=O) groups is 1. The molecule has 0 bridgehead atoms. The minimum Gasteiger partial charge on any atom is -0.486 e. The van der Waals surface area contributed by atoms with E-state index in [1.807, 2.05) is 48.1 Å². The average molecular weight is 409 g/mol. The Balaban J connectivity index is 1.64.